The van der Waals surface area contributed by atoms with Gasteiger partial charge in [0, 0.05) is 18.1 Å². The molecule has 3 rings (SSSR count). The molecule has 1 aromatic heterocycles. The Morgan fingerprint density at radius 3 is 2.19 bits per heavy atom. The second-order valence-electron chi connectivity index (χ2n) is 5.48. The van der Waals surface area contributed by atoms with Crippen LogP contribution in [0.25, 0.3) is 11.3 Å². The Bertz CT molecular complexity index is 896. The van der Waals surface area contributed by atoms with E-state index in [1.807, 2.05) is 43.6 Å². The first-order valence-corrected chi connectivity index (χ1v) is 8.69. The fraction of sp³-hybridized carbons (Fsp3) is 0.105. The summed E-state index contributed by atoms with van der Waals surface area (Å²) in [6.07, 6.45) is 1.90. The monoisotopic (exact) mass is 431 g/mol. The minimum atomic E-state index is -1.82. The Hall–Kier alpha value is -3.13. The quantitative estimate of drug-likeness (QED) is 0.544. The fourth-order valence-corrected chi connectivity index (χ4v) is 2.50. The standard InChI is InChI=1S/C17H16BrN3.C2H2O4/c1-21-16(14-5-3-2-4-6-14)12-20-17(21)19-11-13-7-9-15(18)10-8-13;3-1(4)2(5)6/h2-10,12H,11H2,1H3,(H,19,20);(H,3,4)(H,5,6). The van der Waals surface area contributed by atoms with Gasteiger partial charge in [-0.15, -0.1) is 0 Å². The summed E-state index contributed by atoms with van der Waals surface area (Å²) in [5, 5.41) is 18.2. The summed E-state index contributed by atoms with van der Waals surface area (Å²) in [5.74, 6) is -2.78. The van der Waals surface area contributed by atoms with Gasteiger partial charge < -0.3 is 20.1 Å². The molecule has 0 aliphatic carbocycles. The molecule has 1 heterocycles. The first-order chi connectivity index (χ1) is 12.9. The van der Waals surface area contributed by atoms with Crippen molar-refractivity contribution < 1.29 is 19.8 Å². The predicted molar refractivity (Wildman–Crippen MR) is 105 cm³/mol. The van der Waals surface area contributed by atoms with Crippen LogP contribution in [0.3, 0.4) is 0 Å². The number of nitrogens with zero attached hydrogens (tertiary/aromatic N) is 2. The van der Waals surface area contributed by atoms with Crippen molar-refractivity contribution in [2.45, 2.75) is 6.54 Å². The second kappa shape index (κ2) is 9.54. The van der Waals surface area contributed by atoms with Crippen LogP contribution < -0.4 is 5.32 Å². The smallest absolute Gasteiger partial charge is 0.414 e. The molecule has 0 amide bonds. The molecule has 2 aromatic carbocycles. The highest BCUT2D eigenvalue weighted by Gasteiger charge is 2.07. The summed E-state index contributed by atoms with van der Waals surface area (Å²) in [4.78, 5) is 22.7. The van der Waals surface area contributed by atoms with Gasteiger partial charge in [0.2, 0.25) is 5.95 Å². The Morgan fingerprint density at radius 1 is 1.04 bits per heavy atom. The Labute approximate surface area is 164 Å². The lowest BCUT2D eigenvalue weighted by Gasteiger charge is -2.08. The van der Waals surface area contributed by atoms with Gasteiger partial charge in [0.15, 0.2) is 0 Å². The van der Waals surface area contributed by atoms with E-state index in [-0.39, 0.29) is 0 Å². The van der Waals surface area contributed by atoms with E-state index in [2.05, 4.69) is 55.1 Å². The zero-order valence-corrected chi connectivity index (χ0v) is 16.0. The number of halogens is 1. The topological polar surface area (TPSA) is 104 Å². The first-order valence-electron chi connectivity index (χ1n) is 7.90. The van der Waals surface area contributed by atoms with Gasteiger partial charge in [-0.25, -0.2) is 14.6 Å². The number of hydrogen-bond donors (Lipinski definition) is 3. The number of carboxylic acid groups (broad SMARTS) is 2. The second-order valence-corrected chi connectivity index (χ2v) is 6.40. The third kappa shape index (κ3) is 5.96. The number of benzene rings is 2. The molecule has 0 atom stereocenters. The molecule has 0 aliphatic rings. The van der Waals surface area contributed by atoms with Gasteiger partial charge in [-0.1, -0.05) is 58.4 Å². The number of anilines is 1. The Morgan fingerprint density at radius 2 is 1.63 bits per heavy atom. The normalized spacial score (nSPS) is 9.85. The van der Waals surface area contributed by atoms with Gasteiger partial charge in [0.05, 0.1) is 11.9 Å². The van der Waals surface area contributed by atoms with Crippen LogP contribution in [0.2, 0.25) is 0 Å². The lowest BCUT2D eigenvalue weighted by atomic mass is 10.2. The van der Waals surface area contributed by atoms with Crippen LogP contribution in [0.1, 0.15) is 5.56 Å². The fourth-order valence-electron chi connectivity index (χ4n) is 2.23. The van der Waals surface area contributed by atoms with E-state index in [1.165, 1.54) is 11.1 Å². The number of carbonyl (C=O) groups is 2. The van der Waals surface area contributed by atoms with Gasteiger partial charge in [-0.05, 0) is 23.3 Å². The van der Waals surface area contributed by atoms with E-state index >= 15 is 0 Å². The molecular formula is C19H18BrN3O4. The lowest BCUT2D eigenvalue weighted by molar-refractivity contribution is -0.159. The van der Waals surface area contributed by atoms with Crippen molar-refractivity contribution in [2.75, 3.05) is 5.32 Å². The number of aromatic nitrogens is 2. The largest absolute Gasteiger partial charge is 0.473 e. The van der Waals surface area contributed by atoms with Crippen molar-refractivity contribution in [1.82, 2.24) is 9.55 Å². The molecule has 0 aliphatic heterocycles. The van der Waals surface area contributed by atoms with Gasteiger partial charge >= 0.3 is 11.9 Å². The first kappa shape index (κ1) is 20.2. The van der Waals surface area contributed by atoms with Crippen LogP contribution in [0.15, 0.2) is 65.3 Å². The average molecular weight is 432 g/mol. The number of hydrogen-bond acceptors (Lipinski definition) is 4. The molecule has 0 bridgehead atoms. The highest BCUT2D eigenvalue weighted by Crippen LogP contribution is 2.21. The van der Waals surface area contributed by atoms with Crippen molar-refractivity contribution in [3.05, 3.63) is 70.8 Å². The van der Waals surface area contributed by atoms with Crippen molar-refractivity contribution in [3.8, 4) is 11.3 Å². The van der Waals surface area contributed by atoms with Gasteiger partial charge in [-0.3, -0.25) is 0 Å². The number of rotatable bonds is 4. The highest BCUT2D eigenvalue weighted by atomic mass is 79.9. The minimum absolute atomic E-state index is 0.756. The van der Waals surface area contributed by atoms with Gasteiger partial charge in [-0.2, -0.15) is 0 Å². The van der Waals surface area contributed by atoms with E-state index in [0.29, 0.717) is 0 Å². The molecule has 0 spiro atoms. The molecule has 3 aromatic rings. The summed E-state index contributed by atoms with van der Waals surface area (Å²) < 4.78 is 3.17. The van der Waals surface area contributed by atoms with Crippen LogP contribution in [0.5, 0.6) is 0 Å². The van der Waals surface area contributed by atoms with Crippen molar-refractivity contribution >= 4 is 33.8 Å². The van der Waals surface area contributed by atoms with E-state index in [9.17, 15) is 0 Å². The van der Waals surface area contributed by atoms with Gasteiger partial charge in [0.1, 0.15) is 0 Å². The third-order valence-electron chi connectivity index (χ3n) is 3.60. The van der Waals surface area contributed by atoms with E-state index in [0.717, 1.165) is 22.7 Å². The molecule has 0 saturated heterocycles. The molecule has 140 valence electrons. The molecule has 0 unspecified atom stereocenters. The van der Waals surface area contributed by atoms with Crippen molar-refractivity contribution in [1.29, 1.82) is 0 Å². The van der Waals surface area contributed by atoms with E-state index in [1.54, 1.807) is 0 Å². The van der Waals surface area contributed by atoms with Crippen LogP contribution in [-0.4, -0.2) is 31.7 Å². The molecule has 0 saturated carbocycles. The maximum Gasteiger partial charge on any atom is 0.414 e. The lowest BCUT2D eigenvalue weighted by Crippen LogP contribution is -2.09. The summed E-state index contributed by atoms with van der Waals surface area (Å²) in [6, 6.07) is 18.6. The number of imidazole rings is 1. The zero-order chi connectivity index (χ0) is 19.8. The van der Waals surface area contributed by atoms with Crippen molar-refractivity contribution in [3.63, 3.8) is 0 Å². The van der Waals surface area contributed by atoms with Crippen LogP contribution in [0, 0.1) is 0 Å². The van der Waals surface area contributed by atoms with Crippen LogP contribution >= 0.6 is 15.9 Å². The zero-order valence-electron chi connectivity index (χ0n) is 14.5. The Kier molecular flexibility index (Phi) is 7.13. The maximum atomic E-state index is 9.10. The summed E-state index contributed by atoms with van der Waals surface area (Å²) >= 11 is 3.45. The molecule has 7 nitrogen and oxygen atoms in total. The van der Waals surface area contributed by atoms with Gasteiger partial charge in [0.25, 0.3) is 0 Å². The third-order valence-corrected chi connectivity index (χ3v) is 4.13. The molecule has 8 heteroatoms. The number of carboxylic acids is 2. The highest BCUT2D eigenvalue weighted by molar-refractivity contribution is 9.10. The molecule has 27 heavy (non-hydrogen) atoms. The number of nitrogens with one attached hydrogen (secondary N) is 1. The average Bonchev–Trinajstić information content (AvgIpc) is 3.03. The molecule has 0 fully saturated rings. The summed E-state index contributed by atoms with van der Waals surface area (Å²) in [7, 11) is 2.03. The number of aliphatic carboxylic acids is 2. The van der Waals surface area contributed by atoms with E-state index in [4.69, 9.17) is 19.8 Å². The van der Waals surface area contributed by atoms with Crippen LogP contribution in [-0.2, 0) is 23.2 Å². The Balaban J connectivity index is 0.000000380. The minimum Gasteiger partial charge on any atom is -0.473 e. The molecule has 3 N–H and O–H groups in total. The molecular weight excluding hydrogens is 414 g/mol. The molecule has 0 radical (unpaired) electrons. The summed E-state index contributed by atoms with van der Waals surface area (Å²) in [5.41, 5.74) is 3.50. The summed E-state index contributed by atoms with van der Waals surface area (Å²) in [6.45, 7) is 0.756. The van der Waals surface area contributed by atoms with Crippen molar-refractivity contribution in [2.24, 2.45) is 7.05 Å². The maximum absolute atomic E-state index is 9.10. The SMILES string of the molecule is Cn1c(-c2ccccc2)cnc1NCc1ccc(Br)cc1.O=C(O)C(=O)O. The van der Waals surface area contributed by atoms with Crippen LogP contribution in [0.4, 0.5) is 5.95 Å². The van der Waals surface area contributed by atoms with E-state index < -0.39 is 11.9 Å². The predicted octanol–water partition coefficient (Wildman–Crippen LogP) is 3.62.